The van der Waals surface area contributed by atoms with E-state index in [0.717, 1.165) is 15.7 Å². The van der Waals surface area contributed by atoms with Crippen molar-refractivity contribution in [2.45, 2.75) is 26.9 Å². The number of urea groups is 1. The fraction of sp³-hybridized carbons (Fsp3) is 0.235. The molecule has 116 valence electrons. The smallest absolute Gasteiger partial charge is 0.323 e. The van der Waals surface area contributed by atoms with Crippen molar-refractivity contribution in [2.75, 3.05) is 10.6 Å². The molecular formula is C17H19BrN2O2. The molecule has 0 aliphatic rings. The van der Waals surface area contributed by atoms with Crippen molar-refractivity contribution in [1.82, 2.24) is 0 Å². The van der Waals surface area contributed by atoms with Crippen LogP contribution in [0.3, 0.4) is 0 Å². The fourth-order valence-corrected chi connectivity index (χ4v) is 2.18. The molecule has 2 amide bonds. The molecule has 0 heterocycles. The molecular weight excluding hydrogens is 344 g/mol. The summed E-state index contributed by atoms with van der Waals surface area (Å²) in [5.41, 5.74) is 2.43. The molecule has 0 unspecified atom stereocenters. The van der Waals surface area contributed by atoms with E-state index in [0.29, 0.717) is 11.4 Å². The summed E-state index contributed by atoms with van der Waals surface area (Å²) in [5.74, 6) is 0.652. The highest BCUT2D eigenvalue weighted by atomic mass is 79.9. The first kappa shape index (κ1) is 16.4. The van der Waals surface area contributed by atoms with Gasteiger partial charge in [-0.25, -0.2) is 4.79 Å². The van der Waals surface area contributed by atoms with Crippen LogP contribution in [0.1, 0.15) is 19.4 Å². The van der Waals surface area contributed by atoms with E-state index >= 15 is 0 Å². The van der Waals surface area contributed by atoms with Gasteiger partial charge < -0.3 is 15.4 Å². The molecule has 0 saturated heterocycles. The Kier molecular flexibility index (Phi) is 5.44. The Balaban J connectivity index is 2.07. The number of aryl methyl sites for hydroxylation is 1. The first-order valence-corrected chi connectivity index (χ1v) is 7.85. The lowest BCUT2D eigenvalue weighted by Crippen LogP contribution is -2.20. The molecule has 2 N–H and O–H groups in total. The van der Waals surface area contributed by atoms with Gasteiger partial charge in [0.1, 0.15) is 5.75 Å². The molecule has 2 rings (SSSR count). The van der Waals surface area contributed by atoms with Gasteiger partial charge in [-0.3, -0.25) is 0 Å². The number of carbonyl (C=O) groups is 1. The van der Waals surface area contributed by atoms with Crippen LogP contribution in [0.25, 0.3) is 0 Å². The number of nitrogens with one attached hydrogen (secondary N) is 2. The molecule has 0 spiro atoms. The van der Waals surface area contributed by atoms with Crippen LogP contribution in [-0.4, -0.2) is 12.1 Å². The van der Waals surface area contributed by atoms with Crippen molar-refractivity contribution in [3.05, 3.63) is 52.5 Å². The SMILES string of the molecule is Cc1cc(NC(=O)Nc2ccccc2OC(C)C)ccc1Br. The summed E-state index contributed by atoms with van der Waals surface area (Å²) in [5, 5.41) is 5.62. The number of benzene rings is 2. The number of para-hydroxylation sites is 2. The van der Waals surface area contributed by atoms with Crippen molar-refractivity contribution < 1.29 is 9.53 Å². The van der Waals surface area contributed by atoms with E-state index in [4.69, 9.17) is 4.74 Å². The summed E-state index contributed by atoms with van der Waals surface area (Å²) in [6, 6.07) is 12.7. The van der Waals surface area contributed by atoms with Crippen LogP contribution < -0.4 is 15.4 Å². The Hall–Kier alpha value is -2.01. The largest absolute Gasteiger partial charge is 0.489 e. The summed E-state index contributed by atoms with van der Waals surface area (Å²) >= 11 is 3.44. The molecule has 0 aromatic heterocycles. The standard InChI is InChI=1S/C17H19BrN2O2/c1-11(2)22-16-7-5-4-6-15(16)20-17(21)19-13-8-9-14(18)12(3)10-13/h4-11H,1-3H3,(H2,19,20,21). The third-order valence-electron chi connectivity index (χ3n) is 2.91. The van der Waals surface area contributed by atoms with E-state index in [1.165, 1.54) is 0 Å². The minimum absolute atomic E-state index is 0.0418. The minimum Gasteiger partial charge on any atom is -0.489 e. The number of carbonyl (C=O) groups excluding carboxylic acids is 1. The summed E-state index contributed by atoms with van der Waals surface area (Å²) in [6.45, 7) is 5.86. The monoisotopic (exact) mass is 362 g/mol. The van der Waals surface area contributed by atoms with Crippen LogP contribution in [0.4, 0.5) is 16.2 Å². The van der Waals surface area contributed by atoms with Gasteiger partial charge in [-0.1, -0.05) is 28.1 Å². The fourth-order valence-electron chi connectivity index (χ4n) is 1.93. The summed E-state index contributed by atoms with van der Waals surface area (Å²) in [6.07, 6.45) is 0.0418. The Morgan fingerprint density at radius 1 is 1.14 bits per heavy atom. The average Bonchev–Trinajstić information content (AvgIpc) is 2.44. The van der Waals surface area contributed by atoms with Gasteiger partial charge in [0.2, 0.25) is 0 Å². The topological polar surface area (TPSA) is 50.4 Å². The number of halogens is 1. The Bertz CT molecular complexity index is 671. The molecule has 0 aliphatic carbocycles. The zero-order valence-electron chi connectivity index (χ0n) is 12.8. The van der Waals surface area contributed by atoms with Crippen molar-refractivity contribution in [3.8, 4) is 5.75 Å². The van der Waals surface area contributed by atoms with Crippen LogP contribution in [-0.2, 0) is 0 Å². The zero-order valence-corrected chi connectivity index (χ0v) is 14.4. The highest BCUT2D eigenvalue weighted by Crippen LogP contribution is 2.25. The average molecular weight is 363 g/mol. The highest BCUT2D eigenvalue weighted by Gasteiger charge is 2.09. The van der Waals surface area contributed by atoms with Gasteiger partial charge in [-0.2, -0.15) is 0 Å². The second-order valence-corrected chi connectivity index (χ2v) is 6.06. The summed E-state index contributed by atoms with van der Waals surface area (Å²) < 4.78 is 6.69. The zero-order chi connectivity index (χ0) is 16.1. The summed E-state index contributed by atoms with van der Waals surface area (Å²) in [4.78, 5) is 12.1. The highest BCUT2D eigenvalue weighted by molar-refractivity contribution is 9.10. The molecule has 2 aromatic rings. The quantitative estimate of drug-likeness (QED) is 0.786. The van der Waals surface area contributed by atoms with E-state index in [-0.39, 0.29) is 12.1 Å². The third kappa shape index (κ3) is 4.49. The second kappa shape index (κ2) is 7.31. The Labute approximate surface area is 139 Å². The van der Waals surface area contributed by atoms with Crippen molar-refractivity contribution in [1.29, 1.82) is 0 Å². The van der Waals surface area contributed by atoms with Gasteiger partial charge in [0, 0.05) is 10.2 Å². The lowest BCUT2D eigenvalue weighted by Gasteiger charge is -2.15. The minimum atomic E-state index is -0.304. The predicted octanol–water partition coefficient (Wildman–Crippen LogP) is 5.19. The molecule has 4 nitrogen and oxygen atoms in total. The molecule has 5 heteroatoms. The van der Waals surface area contributed by atoms with Crippen LogP contribution in [0.5, 0.6) is 5.75 Å². The number of ether oxygens (including phenoxy) is 1. The van der Waals surface area contributed by atoms with Gasteiger partial charge in [-0.05, 0) is 56.7 Å². The van der Waals surface area contributed by atoms with Gasteiger partial charge in [0.05, 0.1) is 11.8 Å². The lowest BCUT2D eigenvalue weighted by atomic mass is 10.2. The Morgan fingerprint density at radius 2 is 1.86 bits per heavy atom. The molecule has 2 aromatic carbocycles. The number of amides is 2. The molecule has 0 atom stereocenters. The van der Waals surface area contributed by atoms with Crippen LogP contribution >= 0.6 is 15.9 Å². The van der Waals surface area contributed by atoms with E-state index in [1.807, 2.05) is 63.2 Å². The van der Waals surface area contributed by atoms with Gasteiger partial charge in [-0.15, -0.1) is 0 Å². The second-order valence-electron chi connectivity index (χ2n) is 5.21. The maximum absolute atomic E-state index is 12.1. The number of rotatable bonds is 4. The van der Waals surface area contributed by atoms with E-state index in [1.54, 1.807) is 0 Å². The maximum Gasteiger partial charge on any atom is 0.323 e. The van der Waals surface area contributed by atoms with Crippen molar-refractivity contribution in [2.24, 2.45) is 0 Å². The number of anilines is 2. The maximum atomic E-state index is 12.1. The van der Waals surface area contributed by atoms with Crippen LogP contribution in [0, 0.1) is 6.92 Å². The first-order valence-electron chi connectivity index (χ1n) is 7.05. The van der Waals surface area contributed by atoms with Crippen LogP contribution in [0.15, 0.2) is 46.9 Å². The first-order chi connectivity index (χ1) is 10.5. The van der Waals surface area contributed by atoms with Gasteiger partial charge >= 0.3 is 6.03 Å². The number of hydrogen-bond donors (Lipinski definition) is 2. The van der Waals surface area contributed by atoms with E-state index in [9.17, 15) is 4.79 Å². The lowest BCUT2D eigenvalue weighted by molar-refractivity contribution is 0.243. The Morgan fingerprint density at radius 3 is 2.55 bits per heavy atom. The van der Waals surface area contributed by atoms with E-state index in [2.05, 4.69) is 26.6 Å². The molecule has 0 saturated carbocycles. The molecule has 0 fully saturated rings. The predicted molar refractivity (Wildman–Crippen MR) is 93.7 cm³/mol. The molecule has 22 heavy (non-hydrogen) atoms. The van der Waals surface area contributed by atoms with Gasteiger partial charge in [0.25, 0.3) is 0 Å². The van der Waals surface area contributed by atoms with Gasteiger partial charge in [0.15, 0.2) is 0 Å². The summed E-state index contributed by atoms with van der Waals surface area (Å²) in [7, 11) is 0. The molecule has 0 bridgehead atoms. The van der Waals surface area contributed by atoms with E-state index < -0.39 is 0 Å². The van der Waals surface area contributed by atoms with Crippen LogP contribution in [0.2, 0.25) is 0 Å². The number of hydrogen-bond acceptors (Lipinski definition) is 2. The van der Waals surface area contributed by atoms with Crippen molar-refractivity contribution in [3.63, 3.8) is 0 Å². The molecule has 0 aliphatic heterocycles. The third-order valence-corrected chi connectivity index (χ3v) is 3.80. The molecule has 0 radical (unpaired) electrons. The van der Waals surface area contributed by atoms with Crippen molar-refractivity contribution >= 4 is 33.3 Å². The normalized spacial score (nSPS) is 10.4.